The van der Waals surface area contributed by atoms with Crippen LogP contribution < -0.4 is 36.0 Å². The second-order valence-electron chi connectivity index (χ2n) is 11.1. The third-order valence-corrected chi connectivity index (χ3v) is 16.5. The minimum atomic E-state index is -2.50. The first kappa shape index (κ1) is 55.1. The van der Waals surface area contributed by atoms with Crippen LogP contribution in [0.15, 0.2) is 182 Å². The predicted molar refractivity (Wildman–Crippen MR) is 217 cm³/mol. The fraction of sp³-hybridized carbons (Fsp3) is 0. The fourth-order valence-corrected chi connectivity index (χ4v) is 15.3. The first-order valence-corrected chi connectivity index (χ1v) is 20.2. The molecule has 14 heteroatoms. The Balaban J connectivity index is 0.00000138. The van der Waals surface area contributed by atoms with Crippen molar-refractivity contribution in [3.63, 3.8) is 0 Å². The molecule has 0 saturated heterocycles. The summed E-state index contributed by atoms with van der Waals surface area (Å²) < 4.78 is 104. The van der Waals surface area contributed by atoms with Crippen molar-refractivity contribution in [1.82, 2.24) is 4.17 Å². The van der Waals surface area contributed by atoms with Crippen molar-refractivity contribution in [2.24, 2.45) is 0 Å². The van der Waals surface area contributed by atoms with E-state index < -0.39 is 43.2 Å². The third-order valence-electron chi connectivity index (χ3n) is 8.04. The zero-order chi connectivity index (χ0) is 45.0. The van der Waals surface area contributed by atoms with Crippen LogP contribution in [0.3, 0.4) is 0 Å². The summed E-state index contributed by atoms with van der Waals surface area (Å²) in [7, 11) is -4.99. The van der Waals surface area contributed by atoms with Gasteiger partial charge in [0, 0.05) is 21.1 Å². The third kappa shape index (κ3) is 13.6. The van der Waals surface area contributed by atoms with Crippen molar-refractivity contribution >= 4 is 45.9 Å². The standard InChI is InChI=1S/C36H30NP2.C6F5.5CO.Mo/c1-7-19-31(20-8-1)38(32-21-9-2-10-22-32,33-23-11-3-12-24-33)37-39(34-25-13-4-14-26-34,35-27-15-5-16-28-35)36-29-17-6-18-30-36;7-2-1-3(8)5(10)6(11)4(2)9;5*1-2;/h1-30H;;;;;;;/q+1;-1;;;;;;. The summed E-state index contributed by atoms with van der Waals surface area (Å²) in [5.74, 6) is -10.0. The van der Waals surface area contributed by atoms with Crippen molar-refractivity contribution in [2.75, 3.05) is 0 Å². The summed E-state index contributed by atoms with van der Waals surface area (Å²) in [5, 5.41) is 7.55. The van der Waals surface area contributed by atoms with Crippen LogP contribution >= 0.6 is 14.1 Å². The normalized spacial score (nSPS) is 9.36. The van der Waals surface area contributed by atoms with E-state index in [1.165, 1.54) is 31.8 Å². The van der Waals surface area contributed by atoms with Crippen molar-refractivity contribution in [3.05, 3.63) is 250 Å². The minimum Gasteiger partial charge on any atom is -0.148 e. The summed E-state index contributed by atoms with van der Waals surface area (Å²) in [4.78, 5) is 0. The molecule has 7 rings (SSSR count). The Morgan fingerprint density at radius 1 is 0.311 bits per heavy atom. The van der Waals surface area contributed by atoms with Crippen molar-refractivity contribution in [3.8, 4) is 0 Å². The van der Waals surface area contributed by atoms with E-state index >= 15 is 0 Å². The molecule has 0 aliphatic carbocycles. The van der Waals surface area contributed by atoms with Crippen LogP contribution in [0.25, 0.3) is 0 Å². The summed E-state index contributed by atoms with van der Waals surface area (Å²) in [6.07, 6.45) is 0. The molecule has 6 nitrogen and oxygen atoms in total. The maximum atomic E-state index is 12.0. The van der Waals surface area contributed by atoms with Crippen LogP contribution in [0, 0.1) is 68.4 Å². The number of nitrogens with zero attached hydrogens (tertiary/aromatic N) is 1. The smallest absolute Gasteiger partial charge is 0.148 e. The van der Waals surface area contributed by atoms with E-state index in [1.54, 1.807) is 0 Å². The maximum absolute atomic E-state index is 12.0. The first-order chi connectivity index (χ1) is 29.4. The Morgan fingerprint density at radius 2 is 0.475 bits per heavy atom. The van der Waals surface area contributed by atoms with E-state index in [0.29, 0.717) is 0 Å². The monoisotopic (exact) mass is 943 g/mol. The molecule has 0 aliphatic heterocycles. The molecular formula is C47H30F5MoNO5P2. The summed E-state index contributed by atoms with van der Waals surface area (Å²) in [6.45, 7) is 22.5. The molecule has 7 aromatic rings. The number of hydrogen-bond donors (Lipinski definition) is 0. The van der Waals surface area contributed by atoms with Crippen LogP contribution in [0.2, 0.25) is 0 Å². The van der Waals surface area contributed by atoms with Gasteiger partial charge in [-0.2, -0.15) is 0 Å². The van der Waals surface area contributed by atoms with Gasteiger partial charge in [-0.3, -0.25) is 8.78 Å². The Labute approximate surface area is 365 Å². The predicted octanol–water partition coefficient (Wildman–Crippen LogP) is 8.40. The topological polar surface area (TPSA) is 114 Å². The molecule has 304 valence electrons. The van der Waals surface area contributed by atoms with E-state index in [0.717, 1.165) is 6.07 Å². The maximum Gasteiger partial charge on any atom is 0.301 e. The molecule has 7 aromatic carbocycles. The summed E-state index contributed by atoms with van der Waals surface area (Å²) >= 11 is 0. The molecule has 0 N–H and O–H groups in total. The van der Waals surface area contributed by atoms with Gasteiger partial charge in [0.15, 0.2) is 0 Å². The van der Waals surface area contributed by atoms with Gasteiger partial charge < -0.3 is 0 Å². The quantitative estimate of drug-likeness (QED) is 0.0233. The van der Waals surface area contributed by atoms with Crippen LogP contribution in [-0.2, 0) is 44.3 Å². The molecule has 0 atom stereocenters. The molecule has 0 radical (unpaired) electrons. The number of rotatable bonds is 6. The largest absolute Gasteiger partial charge is 0.301 e. The van der Waals surface area contributed by atoms with Crippen molar-refractivity contribution in [1.29, 1.82) is 0 Å². The van der Waals surface area contributed by atoms with E-state index in [2.05, 4.69) is 215 Å². The van der Waals surface area contributed by atoms with Gasteiger partial charge >= 0.3 is 70.6 Å². The van der Waals surface area contributed by atoms with Gasteiger partial charge in [0.25, 0.3) is 0 Å². The molecule has 0 unspecified atom stereocenters. The number of halogens is 5. The Kier molecular flexibility index (Phi) is 27.3. The number of benzene rings is 7. The second-order valence-corrected chi connectivity index (χ2v) is 17.4. The van der Waals surface area contributed by atoms with Crippen LogP contribution in [0.1, 0.15) is 0 Å². The van der Waals surface area contributed by atoms with Gasteiger partial charge in [-0.25, -0.2) is 13.2 Å². The summed E-state index contributed by atoms with van der Waals surface area (Å²) in [5.41, 5.74) is 0. The average Bonchev–Trinajstić information content (AvgIpc) is 3.36. The van der Waals surface area contributed by atoms with Gasteiger partial charge in [0.1, 0.15) is 0 Å². The molecular weight excluding hydrogens is 911 g/mol. The molecule has 0 heterocycles. The van der Waals surface area contributed by atoms with Crippen molar-refractivity contribution < 1.29 is 66.3 Å². The molecule has 61 heavy (non-hydrogen) atoms. The van der Waals surface area contributed by atoms with Gasteiger partial charge in [-0.05, 0) is 72.8 Å². The van der Waals surface area contributed by atoms with E-state index in [1.807, 2.05) is 0 Å². The Morgan fingerprint density at radius 3 is 0.639 bits per heavy atom. The molecule has 0 aliphatic rings. The zero-order valence-corrected chi connectivity index (χ0v) is 35.3. The Hall–Kier alpha value is -5.85. The van der Waals surface area contributed by atoms with Gasteiger partial charge in [-0.1, -0.05) is 109 Å². The average molecular weight is 942 g/mol. The molecule has 0 amide bonds. The SMILES string of the molecule is Fc1[c-]c(F)c(F)c(F)c1F.[C-]#[O+].[C-]#[O+].[C-]#[O+].[C-]#[O+].[C-]#[O+].[Mo].c1ccc(P(=[N+]=P(c2ccccc2)(c2ccccc2)c2ccccc2)(c2ccccc2)c2ccccc2)cc1. The molecule has 0 aromatic heterocycles. The van der Waals surface area contributed by atoms with E-state index in [4.69, 9.17) is 27.4 Å². The van der Waals surface area contributed by atoms with Crippen LogP contribution in [-0.4, -0.2) is 0 Å². The Bertz CT molecular complexity index is 2180. The summed E-state index contributed by atoms with van der Waals surface area (Å²) in [6, 6.07) is 66.7. The van der Waals surface area contributed by atoms with E-state index in [-0.39, 0.29) is 21.1 Å². The van der Waals surface area contributed by atoms with Gasteiger partial charge in [-0.15, -0.1) is 10.2 Å². The molecule has 0 fully saturated rings. The van der Waals surface area contributed by atoms with Gasteiger partial charge in [0.05, 0.1) is 60.9 Å². The molecule has 0 bridgehead atoms. The van der Waals surface area contributed by atoms with Crippen molar-refractivity contribution in [2.45, 2.75) is 0 Å². The molecule has 0 saturated carbocycles. The number of hydrogen-bond acceptors (Lipinski definition) is 0. The molecule has 0 spiro atoms. The fourth-order valence-electron chi connectivity index (χ4n) is 5.76. The minimum absolute atomic E-state index is 0. The first-order valence-electron chi connectivity index (χ1n) is 16.7. The van der Waals surface area contributed by atoms with Crippen LogP contribution in [0.4, 0.5) is 22.0 Å². The van der Waals surface area contributed by atoms with Crippen LogP contribution in [0.5, 0.6) is 0 Å². The zero-order valence-electron chi connectivity index (χ0n) is 31.5. The van der Waals surface area contributed by atoms with Gasteiger partial charge in [0.2, 0.25) is 0 Å². The van der Waals surface area contributed by atoms with E-state index in [9.17, 15) is 22.0 Å². The second kappa shape index (κ2) is 30.2.